The van der Waals surface area contributed by atoms with Crippen molar-refractivity contribution in [3.63, 3.8) is 0 Å². The molecule has 1 amide bonds. The summed E-state index contributed by atoms with van der Waals surface area (Å²) in [6.07, 6.45) is 3.27. The van der Waals surface area contributed by atoms with Crippen molar-refractivity contribution in [2.75, 3.05) is 5.73 Å². The number of primary amides is 1. The maximum atomic E-state index is 11.2. The predicted molar refractivity (Wildman–Crippen MR) is 87.7 cm³/mol. The Hall–Kier alpha value is -2.54. The highest BCUT2D eigenvalue weighted by Gasteiger charge is 2.16. The van der Waals surface area contributed by atoms with Gasteiger partial charge in [-0.15, -0.1) is 0 Å². The molecular formula is C15H15N5OS. The summed E-state index contributed by atoms with van der Waals surface area (Å²) in [6, 6.07) is 8.12. The Kier molecular flexibility index (Phi) is 3.72. The average Bonchev–Trinajstić information content (AvgIpc) is 2.80. The van der Waals surface area contributed by atoms with Gasteiger partial charge in [-0.1, -0.05) is 24.3 Å². The fraction of sp³-hybridized carbons (Fsp3) is 0.133. The van der Waals surface area contributed by atoms with Gasteiger partial charge >= 0.3 is 0 Å². The fourth-order valence-electron chi connectivity index (χ4n) is 2.39. The minimum absolute atomic E-state index is 0.345. The molecule has 7 heteroatoms. The second-order valence-corrected chi connectivity index (χ2v) is 5.97. The smallest absolute Gasteiger partial charge is 0.281 e. The molecule has 4 N–H and O–H groups in total. The van der Waals surface area contributed by atoms with Crippen LogP contribution in [0.25, 0.3) is 11.0 Å². The zero-order valence-corrected chi connectivity index (χ0v) is 12.8. The summed E-state index contributed by atoms with van der Waals surface area (Å²) in [5.74, 6) is 0.345. The van der Waals surface area contributed by atoms with Crippen LogP contribution in [-0.2, 0) is 6.54 Å². The third-order valence-corrected chi connectivity index (χ3v) is 4.19. The van der Waals surface area contributed by atoms with Crippen LogP contribution in [-0.4, -0.2) is 19.8 Å². The maximum Gasteiger partial charge on any atom is 0.281 e. The first-order valence-corrected chi connectivity index (χ1v) is 7.49. The third-order valence-electron chi connectivity index (χ3n) is 3.46. The van der Waals surface area contributed by atoms with Crippen molar-refractivity contribution in [2.45, 2.75) is 18.4 Å². The van der Waals surface area contributed by atoms with Crippen molar-refractivity contribution >= 4 is 33.9 Å². The lowest BCUT2D eigenvalue weighted by Crippen LogP contribution is -2.02. The Labute approximate surface area is 131 Å². The summed E-state index contributed by atoms with van der Waals surface area (Å²) >= 11 is 0.936. The fourth-order valence-corrected chi connectivity index (χ4v) is 3.08. The second kappa shape index (κ2) is 5.69. The Morgan fingerprint density at radius 2 is 2.09 bits per heavy atom. The first-order valence-electron chi connectivity index (χ1n) is 6.67. The highest BCUT2D eigenvalue weighted by Crippen LogP contribution is 2.32. The summed E-state index contributed by atoms with van der Waals surface area (Å²) in [5, 5.41) is 0.179. The molecule has 6 nitrogen and oxygen atoms in total. The number of nitrogens with two attached hydrogens (primary N) is 2. The van der Waals surface area contributed by atoms with E-state index < -0.39 is 5.24 Å². The minimum atomic E-state index is -0.488. The highest BCUT2D eigenvalue weighted by atomic mass is 32.2. The molecule has 3 aromatic rings. The van der Waals surface area contributed by atoms with Crippen LogP contribution in [0.2, 0.25) is 0 Å². The normalized spacial score (nSPS) is 11.0. The largest absolute Gasteiger partial charge is 0.383 e. The molecule has 112 valence electrons. The van der Waals surface area contributed by atoms with Crippen molar-refractivity contribution in [1.29, 1.82) is 0 Å². The molecule has 0 radical (unpaired) electrons. The number of nitrogen functional groups attached to an aromatic ring is 1. The van der Waals surface area contributed by atoms with Crippen LogP contribution < -0.4 is 11.5 Å². The van der Waals surface area contributed by atoms with Gasteiger partial charge < -0.3 is 16.0 Å². The number of rotatable bonds is 3. The van der Waals surface area contributed by atoms with Crippen LogP contribution >= 0.6 is 11.8 Å². The number of aryl methyl sites for hydroxylation is 1. The van der Waals surface area contributed by atoms with Gasteiger partial charge in [-0.3, -0.25) is 4.79 Å². The lowest BCUT2D eigenvalue weighted by atomic mass is 10.1. The lowest BCUT2D eigenvalue weighted by Gasteiger charge is -2.07. The number of thioether (sulfide) groups is 1. The van der Waals surface area contributed by atoms with Crippen LogP contribution in [0, 0.1) is 6.92 Å². The number of hydrogen-bond acceptors (Lipinski definition) is 5. The SMILES string of the molecule is Cc1ccccc1Cn1cc(SC(N)=O)c2c(N)ncnc21. The molecule has 0 spiro atoms. The zero-order valence-electron chi connectivity index (χ0n) is 12.0. The number of hydrogen-bond donors (Lipinski definition) is 2. The van der Waals surface area contributed by atoms with Gasteiger partial charge in [0.15, 0.2) is 0 Å². The van der Waals surface area contributed by atoms with Gasteiger partial charge in [-0.2, -0.15) is 0 Å². The van der Waals surface area contributed by atoms with Crippen LogP contribution in [0.3, 0.4) is 0 Å². The molecule has 0 bridgehead atoms. The molecule has 0 fully saturated rings. The molecule has 0 saturated heterocycles. The molecule has 2 heterocycles. The molecular weight excluding hydrogens is 298 g/mol. The van der Waals surface area contributed by atoms with Gasteiger partial charge in [0.1, 0.15) is 17.8 Å². The number of carbonyl (C=O) groups excluding carboxylic acids is 1. The Morgan fingerprint density at radius 3 is 2.82 bits per heavy atom. The molecule has 2 aromatic heterocycles. The molecule has 0 aliphatic carbocycles. The molecule has 0 aliphatic rings. The maximum absolute atomic E-state index is 11.2. The van der Waals surface area contributed by atoms with E-state index in [1.54, 1.807) is 0 Å². The van der Waals surface area contributed by atoms with E-state index in [1.165, 1.54) is 17.5 Å². The van der Waals surface area contributed by atoms with Crippen molar-refractivity contribution in [3.05, 3.63) is 47.9 Å². The number of aromatic nitrogens is 3. The standard InChI is InChI=1S/C15H15N5OS/c1-9-4-2-3-5-10(9)6-20-7-11(22-15(17)21)12-13(16)18-8-19-14(12)20/h2-5,7-8H,6H2,1H3,(H2,17,21)(H2,16,18,19). The first kappa shape index (κ1) is 14.4. The topological polar surface area (TPSA) is 99.8 Å². The van der Waals surface area contributed by atoms with E-state index in [2.05, 4.69) is 29.0 Å². The van der Waals surface area contributed by atoms with Gasteiger partial charge in [0.25, 0.3) is 5.24 Å². The molecule has 3 rings (SSSR count). The van der Waals surface area contributed by atoms with E-state index in [0.717, 1.165) is 11.8 Å². The zero-order chi connectivity index (χ0) is 15.7. The monoisotopic (exact) mass is 313 g/mol. The summed E-state index contributed by atoms with van der Waals surface area (Å²) in [7, 11) is 0. The molecule has 0 saturated carbocycles. The predicted octanol–water partition coefficient (Wildman–Crippen LogP) is 2.54. The van der Waals surface area contributed by atoms with Gasteiger partial charge in [-0.25, -0.2) is 9.97 Å². The quantitative estimate of drug-likeness (QED) is 0.724. The summed E-state index contributed by atoms with van der Waals surface area (Å²) < 4.78 is 1.96. The Balaban J connectivity index is 2.12. The van der Waals surface area contributed by atoms with Crippen LogP contribution in [0.1, 0.15) is 11.1 Å². The number of amides is 1. The summed E-state index contributed by atoms with van der Waals surface area (Å²) in [6.45, 7) is 2.70. The number of anilines is 1. The molecule has 0 atom stereocenters. The second-order valence-electron chi connectivity index (χ2n) is 4.93. The van der Waals surface area contributed by atoms with Gasteiger partial charge in [0.2, 0.25) is 0 Å². The van der Waals surface area contributed by atoms with Crippen molar-refractivity contribution in [2.24, 2.45) is 5.73 Å². The number of nitrogens with zero attached hydrogens (tertiary/aromatic N) is 3. The summed E-state index contributed by atoms with van der Waals surface area (Å²) in [4.78, 5) is 20.2. The van der Waals surface area contributed by atoms with E-state index in [1.807, 2.05) is 22.9 Å². The molecule has 22 heavy (non-hydrogen) atoms. The van der Waals surface area contributed by atoms with E-state index in [9.17, 15) is 4.79 Å². The number of carbonyl (C=O) groups is 1. The van der Waals surface area contributed by atoms with E-state index >= 15 is 0 Å². The average molecular weight is 313 g/mol. The highest BCUT2D eigenvalue weighted by molar-refractivity contribution is 8.13. The Bertz CT molecular complexity index is 858. The van der Waals surface area contributed by atoms with Crippen molar-refractivity contribution in [1.82, 2.24) is 14.5 Å². The van der Waals surface area contributed by atoms with E-state index in [4.69, 9.17) is 11.5 Å². The first-order chi connectivity index (χ1) is 10.6. The molecule has 1 aromatic carbocycles. The van der Waals surface area contributed by atoms with Crippen molar-refractivity contribution in [3.8, 4) is 0 Å². The lowest BCUT2D eigenvalue weighted by molar-refractivity contribution is 0.267. The van der Waals surface area contributed by atoms with Gasteiger partial charge in [0, 0.05) is 17.6 Å². The number of benzene rings is 1. The van der Waals surface area contributed by atoms with Crippen molar-refractivity contribution < 1.29 is 4.79 Å². The minimum Gasteiger partial charge on any atom is -0.383 e. The third kappa shape index (κ3) is 2.62. The number of fused-ring (bicyclic) bond motifs is 1. The molecule has 0 aliphatic heterocycles. The van der Waals surface area contributed by atoms with E-state index in [-0.39, 0.29) is 0 Å². The van der Waals surface area contributed by atoms with Crippen LogP contribution in [0.5, 0.6) is 0 Å². The van der Waals surface area contributed by atoms with Gasteiger partial charge in [-0.05, 0) is 29.8 Å². The van der Waals surface area contributed by atoms with E-state index in [0.29, 0.717) is 28.3 Å². The summed E-state index contributed by atoms with van der Waals surface area (Å²) in [5.41, 5.74) is 14.3. The Morgan fingerprint density at radius 1 is 1.32 bits per heavy atom. The molecule has 0 unspecified atom stereocenters. The van der Waals surface area contributed by atoms with Crippen LogP contribution in [0.4, 0.5) is 10.6 Å². The van der Waals surface area contributed by atoms with Gasteiger partial charge in [0.05, 0.1) is 5.39 Å². The van der Waals surface area contributed by atoms with Crippen LogP contribution in [0.15, 0.2) is 41.7 Å².